The first-order chi connectivity index (χ1) is 6.52. The quantitative estimate of drug-likeness (QED) is 0.683. The van der Waals surface area contributed by atoms with Gasteiger partial charge in [0.15, 0.2) is 0 Å². The molecule has 3 unspecified atom stereocenters. The Bertz CT molecular complexity index is 222. The van der Waals surface area contributed by atoms with E-state index in [0.29, 0.717) is 6.42 Å². The molecule has 2 nitrogen and oxygen atoms in total. The lowest BCUT2D eigenvalue weighted by atomic mass is 9.74. The zero-order chi connectivity index (χ0) is 10.8. The molecule has 14 heavy (non-hydrogen) atoms. The van der Waals surface area contributed by atoms with Gasteiger partial charge in [0, 0.05) is 0 Å². The minimum Gasteiger partial charge on any atom is -0.389 e. The van der Waals surface area contributed by atoms with Crippen LogP contribution in [0.2, 0.25) is 0 Å². The van der Waals surface area contributed by atoms with E-state index in [2.05, 4.69) is 13.0 Å². The van der Waals surface area contributed by atoms with Crippen LogP contribution in [0.3, 0.4) is 0 Å². The molecule has 0 heterocycles. The van der Waals surface area contributed by atoms with Gasteiger partial charge in [-0.25, -0.2) is 0 Å². The Balaban J connectivity index is 2.80. The van der Waals surface area contributed by atoms with Crippen LogP contribution in [0.1, 0.15) is 46.5 Å². The molecule has 0 saturated heterocycles. The van der Waals surface area contributed by atoms with E-state index < -0.39 is 11.7 Å². The van der Waals surface area contributed by atoms with Crippen molar-refractivity contribution in [3.8, 4) is 0 Å². The fraction of sp³-hybridized carbons (Fsp3) is 0.833. The third kappa shape index (κ3) is 2.01. The molecule has 3 atom stereocenters. The van der Waals surface area contributed by atoms with Crippen LogP contribution in [0.15, 0.2) is 11.6 Å². The lowest BCUT2D eigenvalue weighted by Crippen LogP contribution is -2.49. The van der Waals surface area contributed by atoms with Crippen molar-refractivity contribution in [2.75, 3.05) is 0 Å². The van der Waals surface area contributed by atoms with Crippen molar-refractivity contribution >= 4 is 0 Å². The first kappa shape index (κ1) is 11.7. The molecule has 0 aromatic carbocycles. The van der Waals surface area contributed by atoms with Gasteiger partial charge < -0.3 is 10.2 Å². The molecule has 1 aliphatic carbocycles. The summed E-state index contributed by atoms with van der Waals surface area (Å²) in [5.41, 5.74) is -0.0234. The summed E-state index contributed by atoms with van der Waals surface area (Å²) in [6.45, 7) is 6.01. The zero-order valence-electron chi connectivity index (χ0n) is 9.45. The number of aliphatic hydroxyl groups excluding tert-OH is 1. The largest absolute Gasteiger partial charge is 0.389 e. The average molecular weight is 198 g/mol. The Morgan fingerprint density at radius 1 is 1.57 bits per heavy atom. The summed E-state index contributed by atoms with van der Waals surface area (Å²) in [4.78, 5) is 0. The maximum absolute atomic E-state index is 10.4. The molecule has 2 N–H and O–H groups in total. The van der Waals surface area contributed by atoms with E-state index >= 15 is 0 Å². The summed E-state index contributed by atoms with van der Waals surface area (Å²) in [6.07, 6.45) is 5.03. The Labute approximate surface area is 86.6 Å². The smallest absolute Gasteiger partial charge is 0.111 e. The number of allylic oxidation sites excluding steroid dienone is 1. The maximum Gasteiger partial charge on any atom is 0.111 e. The van der Waals surface area contributed by atoms with Crippen molar-refractivity contribution in [2.24, 2.45) is 5.92 Å². The van der Waals surface area contributed by atoms with Crippen molar-refractivity contribution in [1.29, 1.82) is 0 Å². The third-order valence-electron chi connectivity index (χ3n) is 3.42. The van der Waals surface area contributed by atoms with Gasteiger partial charge in [-0.2, -0.15) is 0 Å². The predicted molar refractivity (Wildman–Crippen MR) is 58.0 cm³/mol. The highest BCUT2D eigenvalue weighted by atomic mass is 16.3. The van der Waals surface area contributed by atoms with Crippen LogP contribution in [-0.4, -0.2) is 21.9 Å². The van der Waals surface area contributed by atoms with Crippen LogP contribution in [0.5, 0.6) is 0 Å². The van der Waals surface area contributed by atoms with Crippen molar-refractivity contribution in [3.63, 3.8) is 0 Å². The van der Waals surface area contributed by atoms with Gasteiger partial charge in [0.2, 0.25) is 0 Å². The minimum atomic E-state index is -0.965. The van der Waals surface area contributed by atoms with E-state index in [1.807, 2.05) is 13.8 Å². The van der Waals surface area contributed by atoms with Gasteiger partial charge in [0.25, 0.3) is 0 Å². The number of unbranched alkanes of at least 4 members (excludes halogenated alkanes) is 1. The molecule has 2 heteroatoms. The van der Waals surface area contributed by atoms with Gasteiger partial charge in [-0.05, 0) is 31.3 Å². The molecule has 0 saturated carbocycles. The van der Waals surface area contributed by atoms with Crippen LogP contribution in [-0.2, 0) is 0 Å². The van der Waals surface area contributed by atoms with Crippen molar-refractivity contribution in [3.05, 3.63) is 11.6 Å². The summed E-state index contributed by atoms with van der Waals surface area (Å²) in [6, 6.07) is 0. The monoisotopic (exact) mass is 198 g/mol. The molecule has 0 aromatic heterocycles. The molecule has 1 rings (SSSR count). The van der Waals surface area contributed by atoms with Gasteiger partial charge in [-0.15, -0.1) is 0 Å². The first-order valence-electron chi connectivity index (χ1n) is 5.60. The van der Waals surface area contributed by atoms with E-state index in [0.717, 1.165) is 24.8 Å². The van der Waals surface area contributed by atoms with Crippen LogP contribution in [0, 0.1) is 5.92 Å². The summed E-state index contributed by atoms with van der Waals surface area (Å²) >= 11 is 0. The Morgan fingerprint density at radius 3 is 2.79 bits per heavy atom. The van der Waals surface area contributed by atoms with Crippen LogP contribution in [0.25, 0.3) is 0 Å². The summed E-state index contributed by atoms with van der Waals surface area (Å²) in [7, 11) is 0. The molecule has 0 aromatic rings. The number of aliphatic hydroxyl groups is 2. The van der Waals surface area contributed by atoms with Crippen LogP contribution >= 0.6 is 0 Å². The molecule has 0 fully saturated rings. The highest BCUT2D eigenvalue weighted by Crippen LogP contribution is 2.36. The van der Waals surface area contributed by atoms with Gasteiger partial charge in [0.05, 0.1) is 6.10 Å². The summed E-state index contributed by atoms with van der Waals surface area (Å²) in [5, 5.41) is 20.4. The molecular weight excluding hydrogens is 176 g/mol. The standard InChI is InChI=1S/C12H22O2/c1-4-5-8-12(14)10(3)7-6-9(2)11(12)13/h7,9,11,13-14H,4-6,8H2,1-3H3. The predicted octanol–water partition coefficient (Wildman–Crippen LogP) is 2.25. The minimum absolute atomic E-state index is 0.167. The Kier molecular flexibility index (Phi) is 3.73. The van der Waals surface area contributed by atoms with E-state index in [1.54, 1.807) is 0 Å². The van der Waals surface area contributed by atoms with Gasteiger partial charge in [-0.1, -0.05) is 32.8 Å². The average Bonchev–Trinajstić information content (AvgIpc) is 2.18. The van der Waals surface area contributed by atoms with E-state index in [4.69, 9.17) is 0 Å². The van der Waals surface area contributed by atoms with E-state index in [-0.39, 0.29) is 5.92 Å². The second kappa shape index (κ2) is 4.45. The molecule has 82 valence electrons. The van der Waals surface area contributed by atoms with Crippen LogP contribution in [0.4, 0.5) is 0 Å². The van der Waals surface area contributed by atoms with E-state index in [1.165, 1.54) is 0 Å². The third-order valence-corrected chi connectivity index (χ3v) is 3.42. The molecule has 1 aliphatic rings. The maximum atomic E-state index is 10.4. The molecule has 0 radical (unpaired) electrons. The summed E-state index contributed by atoms with van der Waals surface area (Å²) < 4.78 is 0. The molecule has 0 bridgehead atoms. The van der Waals surface area contributed by atoms with Crippen molar-refractivity contribution in [1.82, 2.24) is 0 Å². The SMILES string of the molecule is CCCCC1(O)C(C)=CCC(C)C1O. The number of hydrogen-bond acceptors (Lipinski definition) is 2. The Morgan fingerprint density at radius 2 is 2.21 bits per heavy atom. The lowest BCUT2D eigenvalue weighted by molar-refractivity contribution is -0.0843. The van der Waals surface area contributed by atoms with Gasteiger partial charge >= 0.3 is 0 Å². The van der Waals surface area contributed by atoms with E-state index in [9.17, 15) is 10.2 Å². The van der Waals surface area contributed by atoms with Crippen molar-refractivity contribution < 1.29 is 10.2 Å². The fourth-order valence-corrected chi connectivity index (χ4v) is 2.16. The zero-order valence-corrected chi connectivity index (χ0v) is 9.45. The number of rotatable bonds is 3. The second-order valence-corrected chi connectivity index (χ2v) is 4.57. The highest BCUT2D eigenvalue weighted by molar-refractivity contribution is 5.21. The van der Waals surface area contributed by atoms with Gasteiger partial charge in [-0.3, -0.25) is 0 Å². The molecule has 0 aliphatic heterocycles. The highest BCUT2D eigenvalue weighted by Gasteiger charge is 2.41. The molecule has 0 amide bonds. The lowest BCUT2D eigenvalue weighted by Gasteiger charge is -2.40. The topological polar surface area (TPSA) is 40.5 Å². The second-order valence-electron chi connectivity index (χ2n) is 4.57. The van der Waals surface area contributed by atoms with Crippen molar-refractivity contribution in [2.45, 2.75) is 58.2 Å². The fourth-order valence-electron chi connectivity index (χ4n) is 2.16. The summed E-state index contributed by atoms with van der Waals surface area (Å²) in [5.74, 6) is 0.167. The van der Waals surface area contributed by atoms with Gasteiger partial charge in [0.1, 0.15) is 5.60 Å². The number of hydrogen-bond donors (Lipinski definition) is 2. The first-order valence-corrected chi connectivity index (χ1v) is 5.60. The normalized spacial score (nSPS) is 38.2. The Hall–Kier alpha value is -0.340. The van der Waals surface area contributed by atoms with Crippen LogP contribution < -0.4 is 0 Å². The molecular formula is C12H22O2. The molecule has 0 spiro atoms.